The average Bonchev–Trinajstić information content (AvgIpc) is 2.75. The van der Waals surface area contributed by atoms with Crippen molar-refractivity contribution in [3.05, 3.63) is 64.7 Å². The van der Waals surface area contributed by atoms with Crippen LogP contribution >= 0.6 is 11.6 Å². The molecule has 0 saturated heterocycles. The topological polar surface area (TPSA) is 64.6 Å². The van der Waals surface area contributed by atoms with Gasteiger partial charge >= 0.3 is 5.97 Å². The number of ether oxygens (including phenoxy) is 2. The van der Waals surface area contributed by atoms with Crippen LogP contribution in [0.5, 0.6) is 5.75 Å². The van der Waals surface area contributed by atoms with Gasteiger partial charge in [0.2, 0.25) is 0 Å². The number of carbonyl (C=O) groups excluding carboxylic acids is 2. The monoisotopic (exact) mass is 429 g/mol. The fraction of sp³-hybridized carbons (Fsp3) is 0.417. The Balaban J connectivity index is 1.53. The van der Waals surface area contributed by atoms with E-state index in [4.69, 9.17) is 21.1 Å². The summed E-state index contributed by atoms with van der Waals surface area (Å²) in [6, 6.07) is 14.3. The molecule has 0 unspecified atom stereocenters. The number of rotatable bonds is 7. The highest BCUT2D eigenvalue weighted by Crippen LogP contribution is 2.29. The Morgan fingerprint density at radius 2 is 1.80 bits per heavy atom. The van der Waals surface area contributed by atoms with Gasteiger partial charge in [-0.1, -0.05) is 62.6 Å². The van der Waals surface area contributed by atoms with E-state index < -0.39 is 5.97 Å². The summed E-state index contributed by atoms with van der Waals surface area (Å²) in [7, 11) is 0. The predicted molar refractivity (Wildman–Crippen MR) is 117 cm³/mol. The van der Waals surface area contributed by atoms with Crippen LogP contribution in [0, 0.1) is 11.8 Å². The second-order valence-electron chi connectivity index (χ2n) is 7.93. The summed E-state index contributed by atoms with van der Waals surface area (Å²) >= 11 is 5.90. The Kier molecular flexibility index (Phi) is 7.75. The van der Waals surface area contributed by atoms with Crippen LogP contribution in [0.15, 0.2) is 48.5 Å². The van der Waals surface area contributed by atoms with E-state index in [1.165, 1.54) is 6.42 Å². The van der Waals surface area contributed by atoms with E-state index in [1.54, 1.807) is 36.4 Å². The Hall–Kier alpha value is -2.53. The first-order chi connectivity index (χ1) is 14.4. The maximum atomic E-state index is 12.5. The lowest BCUT2D eigenvalue weighted by Gasteiger charge is -2.34. The van der Waals surface area contributed by atoms with Gasteiger partial charge in [0.25, 0.3) is 5.91 Å². The van der Waals surface area contributed by atoms with Crippen LogP contribution < -0.4 is 10.1 Å². The molecule has 0 radical (unpaired) electrons. The van der Waals surface area contributed by atoms with Crippen LogP contribution in [0.4, 0.5) is 0 Å². The minimum atomic E-state index is -0.582. The van der Waals surface area contributed by atoms with E-state index in [9.17, 15) is 9.59 Å². The molecule has 3 atom stereocenters. The first-order valence-electron chi connectivity index (χ1n) is 10.4. The van der Waals surface area contributed by atoms with E-state index in [1.807, 2.05) is 12.1 Å². The molecule has 30 heavy (non-hydrogen) atoms. The van der Waals surface area contributed by atoms with Crippen LogP contribution in [0.3, 0.4) is 0 Å². The third-order valence-corrected chi connectivity index (χ3v) is 6.05. The van der Waals surface area contributed by atoms with E-state index in [2.05, 4.69) is 19.2 Å². The summed E-state index contributed by atoms with van der Waals surface area (Å²) in [5.74, 6) is 0.556. The van der Waals surface area contributed by atoms with E-state index in [0.29, 0.717) is 34.8 Å². The number of halogens is 1. The largest absolute Gasteiger partial charge is 0.488 e. The maximum Gasteiger partial charge on any atom is 0.342 e. The van der Waals surface area contributed by atoms with E-state index in [0.717, 1.165) is 18.4 Å². The molecule has 6 heteroatoms. The fourth-order valence-electron chi connectivity index (χ4n) is 3.75. The van der Waals surface area contributed by atoms with E-state index >= 15 is 0 Å². The van der Waals surface area contributed by atoms with Crippen molar-refractivity contribution in [1.82, 2.24) is 5.32 Å². The number of hydrogen-bond donors (Lipinski definition) is 1. The molecule has 1 N–H and O–H groups in total. The quantitative estimate of drug-likeness (QED) is 0.628. The Bertz CT molecular complexity index is 868. The standard InChI is InChI=1S/C24H28ClNO4/c1-16-6-5-8-21(17(16)2)26-23(27)15-30-24(28)20-7-3-4-9-22(20)29-14-18-10-12-19(25)13-11-18/h3-4,7,9-13,16-17,21H,5-6,8,14-15H2,1-2H3,(H,26,27)/t16-,17-,21+/m1/s1. The zero-order valence-electron chi connectivity index (χ0n) is 17.4. The first kappa shape index (κ1) is 22.2. The molecule has 1 aliphatic carbocycles. The molecule has 3 rings (SSSR count). The molecule has 0 spiro atoms. The first-order valence-corrected chi connectivity index (χ1v) is 10.7. The van der Waals surface area contributed by atoms with Crippen LogP contribution in [0.25, 0.3) is 0 Å². The molecule has 2 aromatic carbocycles. The van der Waals surface area contributed by atoms with Gasteiger partial charge in [-0.05, 0) is 48.1 Å². The van der Waals surface area contributed by atoms with Crippen LogP contribution in [0.1, 0.15) is 49.0 Å². The average molecular weight is 430 g/mol. The lowest BCUT2D eigenvalue weighted by molar-refractivity contribution is -0.125. The van der Waals surface area contributed by atoms with Gasteiger partial charge in [0.1, 0.15) is 17.9 Å². The molecule has 1 amide bonds. The van der Waals surface area contributed by atoms with Gasteiger partial charge in [-0.15, -0.1) is 0 Å². The molecule has 0 heterocycles. The van der Waals surface area contributed by atoms with Gasteiger partial charge in [-0.25, -0.2) is 4.79 Å². The van der Waals surface area contributed by atoms with Crippen LogP contribution in [0.2, 0.25) is 5.02 Å². The highest BCUT2D eigenvalue weighted by molar-refractivity contribution is 6.30. The summed E-state index contributed by atoms with van der Waals surface area (Å²) in [6.45, 7) is 4.36. The third kappa shape index (κ3) is 5.99. The van der Waals surface area contributed by atoms with Crippen molar-refractivity contribution in [3.63, 3.8) is 0 Å². The van der Waals surface area contributed by atoms with Gasteiger partial charge in [-0.3, -0.25) is 4.79 Å². The number of hydrogen-bond acceptors (Lipinski definition) is 4. The highest BCUT2D eigenvalue weighted by Gasteiger charge is 2.28. The summed E-state index contributed by atoms with van der Waals surface area (Å²) in [5.41, 5.74) is 1.22. The van der Waals surface area contributed by atoms with Crippen LogP contribution in [-0.4, -0.2) is 24.5 Å². The van der Waals surface area contributed by atoms with Crippen molar-refractivity contribution in [2.24, 2.45) is 11.8 Å². The van der Waals surface area contributed by atoms with Crippen molar-refractivity contribution in [2.75, 3.05) is 6.61 Å². The molecule has 5 nitrogen and oxygen atoms in total. The minimum absolute atomic E-state index is 0.134. The molecule has 1 aliphatic rings. The molecule has 1 saturated carbocycles. The van der Waals surface area contributed by atoms with Gasteiger partial charge in [0, 0.05) is 11.1 Å². The number of benzene rings is 2. The number of amides is 1. The number of esters is 1. The highest BCUT2D eigenvalue weighted by atomic mass is 35.5. The lowest BCUT2D eigenvalue weighted by atomic mass is 9.78. The minimum Gasteiger partial charge on any atom is -0.488 e. The van der Waals surface area contributed by atoms with Gasteiger partial charge in [0.05, 0.1) is 0 Å². The summed E-state index contributed by atoms with van der Waals surface area (Å²) in [5, 5.41) is 3.66. The second-order valence-corrected chi connectivity index (χ2v) is 8.37. The third-order valence-electron chi connectivity index (χ3n) is 5.80. The van der Waals surface area contributed by atoms with Gasteiger partial charge < -0.3 is 14.8 Å². The van der Waals surface area contributed by atoms with E-state index in [-0.39, 0.29) is 18.6 Å². The van der Waals surface area contributed by atoms with Gasteiger partial charge in [-0.2, -0.15) is 0 Å². The molecule has 0 bridgehead atoms. The normalized spacial score (nSPS) is 21.0. The molecule has 0 aliphatic heterocycles. The SMILES string of the molecule is C[C@@H]1[C@H](C)CCC[C@@H]1NC(=O)COC(=O)c1ccccc1OCc1ccc(Cl)cc1. The zero-order chi connectivity index (χ0) is 21.5. The molecular formula is C24H28ClNO4. The lowest BCUT2D eigenvalue weighted by Crippen LogP contribution is -2.45. The number of nitrogens with one attached hydrogen (secondary N) is 1. The maximum absolute atomic E-state index is 12.5. The van der Waals surface area contributed by atoms with Gasteiger partial charge in [0.15, 0.2) is 6.61 Å². The molecular weight excluding hydrogens is 402 g/mol. The summed E-state index contributed by atoms with van der Waals surface area (Å²) in [4.78, 5) is 24.8. The van der Waals surface area contributed by atoms with Crippen molar-refractivity contribution in [1.29, 1.82) is 0 Å². The number of para-hydroxylation sites is 1. The molecule has 0 aromatic heterocycles. The van der Waals surface area contributed by atoms with Crippen molar-refractivity contribution < 1.29 is 19.1 Å². The molecule has 2 aromatic rings. The zero-order valence-corrected chi connectivity index (χ0v) is 18.2. The number of carbonyl (C=O) groups is 2. The Labute approximate surface area is 182 Å². The molecule has 1 fully saturated rings. The summed E-state index contributed by atoms with van der Waals surface area (Å²) in [6.07, 6.45) is 3.26. The second kappa shape index (κ2) is 10.5. The Morgan fingerprint density at radius 3 is 2.57 bits per heavy atom. The van der Waals surface area contributed by atoms with Crippen molar-refractivity contribution in [2.45, 2.75) is 45.8 Å². The Morgan fingerprint density at radius 1 is 1.07 bits per heavy atom. The summed E-state index contributed by atoms with van der Waals surface area (Å²) < 4.78 is 11.0. The molecule has 160 valence electrons. The van der Waals surface area contributed by atoms with Crippen LogP contribution in [-0.2, 0) is 16.1 Å². The van der Waals surface area contributed by atoms with Crippen molar-refractivity contribution >= 4 is 23.5 Å². The smallest absolute Gasteiger partial charge is 0.342 e. The fourth-order valence-corrected chi connectivity index (χ4v) is 3.87. The predicted octanol–water partition coefficient (Wildman–Crippen LogP) is 5.02. The van der Waals surface area contributed by atoms with Crippen molar-refractivity contribution in [3.8, 4) is 5.75 Å².